The molecule has 0 bridgehead atoms. The number of pyridine rings is 1. The highest BCUT2D eigenvalue weighted by atomic mass is 16.6. The van der Waals surface area contributed by atoms with Crippen molar-refractivity contribution < 1.29 is 9.47 Å². The maximum absolute atomic E-state index is 6.08. The molecule has 0 aromatic carbocycles. The molecule has 3 heterocycles. The minimum atomic E-state index is -0.0291. The lowest BCUT2D eigenvalue weighted by molar-refractivity contribution is -0.103. The molecule has 2 saturated heterocycles. The molecule has 3 rings (SSSR count). The van der Waals surface area contributed by atoms with E-state index in [1.165, 1.54) is 5.56 Å². The first kappa shape index (κ1) is 14.9. The average Bonchev–Trinajstić information content (AvgIpc) is 2.92. The molecule has 4 heteroatoms. The number of rotatable bonds is 4. The normalized spacial score (nSPS) is 30.7. The zero-order valence-electron chi connectivity index (χ0n) is 13.1. The van der Waals surface area contributed by atoms with E-state index in [9.17, 15) is 0 Å². The largest absolute Gasteiger partial charge is 0.378 e. The van der Waals surface area contributed by atoms with Crippen LogP contribution in [0.4, 0.5) is 0 Å². The smallest absolute Gasteiger partial charge is 0.0940 e. The summed E-state index contributed by atoms with van der Waals surface area (Å²) >= 11 is 0. The highest BCUT2D eigenvalue weighted by molar-refractivity contribution is 5.21. The Bertz CT molecular complexity index is 472. The van der Waals surface area contributed by atoms with Gasteiger partial charge in [-0.2, -0.15) is 0 Å². The third kappa shape index (κ3) is 3.28. The summed E-state index contributed by atoms with van der Waals surface area (Å²) in [4.78, 5) is 4.33. The summed E-state index contributed by atoms with van der Waals surface area (Å²) in [6, 6.07) is 4.74. The van der Waals surface area contributed by atoms with Gasteiger partial charge in [-0.1, -0.05) is 6.92 Å². The predicted molar refractivity (Wildman–Crippen MR) is 82.2 cm³/mol. The molecule has 1 aromatic heterocycles. The third-order valence-electron chi connectivity index (χ3n) is 4.77. The summed E-state index contributed by atoms with van der Waals surface area (Å²) in [6.45, 7) is 7.66. The van der Waals surface area contributed by atoms with E-state index in [2.05, 4.69) is 36.3 Å². The Morgan fingerprint density at radius 2 is 2.38 bits per heavy atom. The second-order valence-corrected chi connectivity index (χ2v) is 6.35. The van der Waals surface area contributed by atoms with Crippen molar-refractivity contribution in [3.05, 3.63) is 29.6 Å². The lowest BCUT2D eigenvalue weighted by atomic mass is 9.79. The first-order valence-electron chi connectivity index (χ1n) is 8.10. The van der Waals surface area contributed by atoms with Crippen molar-refractivity contribution in [1.82, 2.24) is 10.3 Å². The van der Waals surface area contributed by atoms with Crippen molar-refractivity contribution in [2.75, 3.05) is 26.4 Å². The second kappa shape index (κ2) is 6.42. The number of ether oxygens (including phenoxy) is 2. The molecule has 0 amide bonds. The van der Waals surface area contributed by atoms with Crippen molar-refractivity contribution >= 4 is 0 Å². The molecule has 3 atom stereocenters. The Hall–Kier alpha value is -0.970. The number of hydrogen-bond acceptors (Lipinski definition) is 4. The summed E-state index contributed by atoms with van der Waals surface area (Å²) in [5, 5.41) is 3.68. The van der Waals surface area contributed by atoms with Gasteiger partial charge in [-0.15, -0.1) is 0 Å². The molecule has 0 radical (unpaired) electrons. The lowest BCUT2D eigenvalue weighted by Gasteiger charge is -2.40. The highest BCUT2D eigenvalue weighted by Crippen LogP contribution is 2.40. The minimum Gasteiger partial charge on any atom is -0.378 e. The summed E-state index contributed by atoms with van der Waals surface area (Å²) in [5.41, 5.74) is 2.41. The van der Waals surface area contributed by atoms with Gasteiger partial charge < -0.3 is 14.8 Å². The molecule has 1 aromatic rings. The van der Waals surface area contributed by atoms with Crippen LogP contribution in [0.3, 0.4) is 0 Å². The SMILES string of the molecule is CCNC(c1ccnc(C)c1)C1CCOC2(CCOC2)C1. The van der Waals surface area contributed by atoms with Gasteiger partial charge in [0, 0.05) is 37.6 Å². The van der Waals surface area contributed by atoms with Crippen molar-refractivity contribution in [2.24, 2.45) is 5.92 Å². The van der Waals surface area contributed by atoms with Crippen LogP contribution in [0.25, 0.3) is 0 Å². The van der Waals surface area contributed by atoms with Gasteiger partial charge in [0.25, 0.3) is 0 Å². The maximum atomic E-state index is 6.08. The monoisotopic (exact) mass is 290 g/mol. The fourth-order valence-corrected chi connectivity index (χ4v) is 3.75. The summed E-state index contributed by atoms with van der Waals surface area (Å²) in [6.07, 6.45) is 5.16. The summed E-state index contributed by atoms with van der Waals surface area (Å²) < 4.78 is 11.7. The maximum Gasteiger partial charge on any atom is 0.0940 e. The van der Waals surface area contributed by atoms with Crippen molar-refractivity contribution in [3.63, 3.8) is 0 Å². The number of nitrogens with one attached hydrogen (secondary N) is 1. The van der Waals surface area contributed by atoms with Crippen LogP contribution >= 0.6 is 0 Å². The van der Waals surface area contributed by atoms with E-state index in [-0.39, 0.29) is 5.60 Å². The Labute approximate surface area is 127 Å². The molecule has 1 spiro atoms. The van der Waals surface area contributed by atoms with Gasteiger partial charge in [-0.05, 0) is 49.9 Å². The van der Waals surface area contributed by atoms with Crippen LogP contribution in [0.1, 0.15) is 43.5 Å². The standard InChI is InChI=1S/C17H26N2O2/c1-3-18-16(14-4-7-19-13(2)10-14)15-5-8-21-17(11-15)6-9-20-12-17/h4,7,10,15-16,18H,3,5-6,8-9,11-12H2,1-2H3. The molecular weight excluding hydrogens is 264 g/mol. The molecule has 2 aliphatic rings. The van der Waals surface area contributed by atoms with Crippen LogP contribution in [0.2, 0.25) is 0 Å². The molecule has 21 heavy (non-hydrogen) atoms. The first-order chi connectivity index (χ1) is 10.2. The van der Waals surface area contributed by atoms with Gasteiger partial charge in [0.1, 0.15) is 0 Å². The number of nitrogens with zero attached hydrogens (tertiary/aromatic N) is 1. The van der Waals surface area contributed by atoms with Crippen LogP contribution in [-0.4, -0.2) is 37.0 Å². The third-order valence-corrected chi connectivity index (χ3v) is 4.77. The van der Waals surface area contributed by atoms with Crippen LogP contribution in [0.15, 0.2) is 18.3 Å². The Kier molecular flexibility index (Phi) is 4.57. The summed E-state index contributed by atoms with van der Waals surface area (Å²) in [5.74, 6) is 0.599. The van der Waals surface area contributed by atoms with Gasteiger partial charge in [0.05, 0.1) is 12.2 Å². The molecule has 0 aliphatic carbocycles. The number of hydrogen-bond donors (Lipinski definition) is 1. The molecule has 1 N–H and O–H groups in total. The van der Waals surface area contributed by atoms with Crippen molar-refractivity contribution in [1.29, 1.82) is 0 Å². The Balaban J connectivity index is 1.80. The Morgan fingerprint density at radius 1 is 1.48 bits per heavy atom. The molecule has 3 unspecified atom stereocenters. The zero-order chi connectivity index (χ0) is 14.7. The van der Waals surface area contributed by atoms with Gasteiger partial charge in [-0.3, -0.25) is 4.98 Å². The molecule has 2 aliphatic heterocycles. The van der Waals surface area contributed by atoms with E-state index in [1.54, 1.807) is 0 Å². The lowest BCUT2D eigenvalue weighted by Crippen LogP contribution is -2.44. The molecule has 116 valence electrons. The van der Waals surface area contributed by atoms with Gasteiger partial charge in [-0.25, -0.2) is 0 Å². The average molecular weight is 290 g/mol. The first-order valence-corrected chi connectivity index (χ1v) is 8.10. The minimum absolute atomic E-state index is 0.0291. The fourth-order valence-electron chi connectivity index (χ4n) is 3.75. The van der Waals surface area contributed by atoms with Crippen LogP contribution in [0, 0.1) is 12.8 Å². The van der Waals surface area contributed by atoms with E-state index in [4.69, 9.17) is 9.47 Å². The van der Waals surface area contributed by atoms with Crippen LogP contribution in [0.5, 0.6) is 0 Å². The molecule has 0 saturated carbocycles. The molecule has 2 fully saturated rings. The number of aryl methyl sites for hydroxylation is 1. The summed E-state index contributed by atoms with van der Waals surface area (Å²) in [7, 11) is 0. The van der Waals surface area contributed by atoms with E-state index >= 15 is 0 Å². The predicted octanol–water partition coefficient (Wildman–Crippen LogP) is 2.63. The van der Waals surface area contributed by atoms with E-state index in [1.807, 2.05) is 6.20 Å². The highest BCUT2D eigenvalue weighted by Gasteiger charge is 2.43. The molecular formula is C17H26N2O2. The zero-order valence-corrected chi connectivity index (χ0v) is 13.1. The van der Waals surface area contributed by atoms with E-state index in [0.717, 1.165) is 51.3 Å². The van der Waals surface area contributed by atoms with Gasteiger partial charge in [0.15, 0.2) is 0 Å². The van der Waals surface area contributed by atoms with Crippen molar-refractivity contribution in [3.8, 4) is 0 Å². The quantitative estimate of drug-likeness (QED) is 0.926. The van der Waals surface area contributed by atoms with E-state index in [0.29, 0.717) is 12.0 Å². The van der Waals surface area contributed by atoms with Crippen LogP contribution in [-0.2, 0) is 9.47 Å². The van der Waals surface area contributed by atoms with Gasteiger partial charge >= 0.3 is 0 Å². The van der Waals surface area contributed by atoms with E-state index < -0.39 is 0 Å². The van der Waals surface area contributed by atoms with Gasteiger partial charge in [0.2, 0.25) is 0 Å². The Morgan fingerprint density at radius 3 is 3.10 bits per heavy atom. The second-order valence-electron chi connectivity index (χ2n) is 6.35. The van der Waals surface area contributed by atoms with Crippen LogP contribution < -0.4 is 5.32 Å². The topological polar surface area (TPSA) is 43.4 Å². The molecule has 4 nitrogen and oxygen atoms in total. The van der Waals surface area contributed by atoms with Crippen molar-refractivity contribution in [2.45, 2.75) is 44.8 Å². The fraction of sp³-hybridized carbons (Fsp3) is 0.706. The number of aromatic nitrogens is 1.